The highest BCUT2D eigenvalue weighted by molar-refractivity contribution is 5.31. The van der Waals surface area contributed by atoms with Gasteiger partial charge >= 0.3 is 0 Å². The Labute approximate surface area is 127 Å². The highest BCUT2D eigenvalue weighted by Gasteiger charge is 2.17. The topological polar surface area (TPSA) is 24.1 Å². The highest BCUT2D eigenvalue weighted by Crippen LogP contribution is 2.22. The van der Waals surface area contributed by atoms with E-state index < -0.39 is 0 Å². The van der Waals surface area contributed by atoms with E-state index in [0.717, 1.165) is 25.6 Å². The Morgan fingerprint density at radius 1 is 0.857 bits per heavy atom. The van der Waals surface area contributed by atoms with Crippen molar-refractivity contribution < 1.29 is 0 Å². The molecule has 0 radical (unpaired) electrons. The molecule has 2 aromatic carbocycles. The van der Waals surface area contributed by atoms with Gasteiger partial charge in [-0.25, -0.2) is 0 Å². The van der Waals surface area contributed by atoms with Gasteiger partial charge in [-0.2, -0.15) is 0 Å². The second-order valence-corrected chi connectivity index (χ2v) is 5.86. The molecule has 0 amide bonds. The first-order chi connectivity index (χ1) is 10.4. The van der Waals surface area contributed by atoms with Crippen LogP contribution in [-0.4, -0.2) is 19.6 Å². The van der Waals surface area contributed by atoms with Crippen molar-refractivity contribution in [2.75, 3.05) is 19.6 Å². The third-order valence-electron chi connectivity index (χ3n) is 4.34. The first kappa shape index (κ1) is 14.3. The molecule has 1 heterocycles. The summed E-state index contributed by atoms with van der Waals surface area (Å²) < 4.78 is 0. The summed E-state index contributed by atoms with van der Waals surface area (Å²) in [6, 6.07) is 21.8. The second kappa shape index (κ2) is 7.39. The van der Waals surface area contributed by atoms with Crippen molar-refractivity contribution in [2.45, 2.75) is 18.9 Å². The zero-order valence-electron chi connectivity index (χ0n) is 12.5. The van der Waals surface area contributed by atoms with Crippen molar-refractivity contribution in [1.29, 1.82) is 0 Å². The lowest BCUT2D eigenvalue weighted by Crippen LogP contribution is -2.35. The average Bonchev–Trinajstić information content (AvgIpc) is 2.58. The predicted octanol–water partition coefficient (Wildman–Crippen LogP) is 3.37. The Morgan fingerprint density at radius 2 is 1.38 bits per heavy atom. The number of benzene rings is 2. The van der Waals surface area contributed by atoms with Crippen molar-refractivity contribution in [3.8, 4) is 0 Å². The molecule has 0 aromatic heterocycles. The van der Waals surface area contributed by atoms with Gasteiger partial charge < -0.3 is 10.6 Å². The minimum absolute atomic E-state index is 0.294. The van der Waals surface area contributed by atoms with Crippen molar-refractivity contribution in [1.82, 2.24) is 10.6 Å². The number of hydrogen-bond acceptors (Lipinski definition) is 2. The van der Waals surface area contributed by atoms with Crippen LogP contribution in [0, 0.1) is 5.92 Å². The summed E-state index contributed by atoms with van der Waals surface area (Å²) in [7, 11) is 0. The molecule has 0 aliphatic carbocycles. The van der Waals surface area contributed by atoms with E-state index in [4.69, 9.17) is 0 Å². The summed E-state index contributed by atoms with van der Waals surface area (Å²) in [4.78, 5) is 0. The lowest BCUT2D eigenvalue weighted by molar-refractivity contribution is 0.348. The maximum atomic E-state index is 3.79. The molecule has 2 heteroatoms. The van der Waals surface area contributed by atoms with Gasteiger partial charge in [-0.05, 0) is 49.5 Å². The summed E-state index contributed by atoms with van der Waals surface area (Å²) in [5, 5.41) is 7.23. The molecule has 0 saturated carbocycles. The van der Waals surface area contributed by atoms with E-state index in [9.17, 15) is 0 Å². The first-order valence-corrected chi connectivity index (χ1v) is 7.97. The summed E-state index contributed by atoms with van der Waals surface area (Å²) in [6.45, 7) is 3.41. The summed E-state index contributed by atoms with van der Waals surface area (Å²) in [5.74, 6) is 0.793. The molecule has 21 heavy (non-hydrogen) atoms. The van der Waals surface area contributed by atoms with Crippen LogP contribution in [-0.2, 0) is 0 Å². The molecule has 2 nitrogen and oxygen atoms in total. The maximum absolute atomic E-state index is 3.79. The molecule has 2 aromatic rings. The fraction of sp³-hybridized carbons (Fsp3) is 0.368. The minimum Gasteiger partial charge on any atom is -0.317 e. The summed E-state index contributed by atoms with van der Waals surface area (Å²) >= 11 is 0. The van der Waals surface area contributed by atoms with Gasteiger partial charge in [0.2, 0.25) is 0 Å². The lowest BCUT2D eigenvalue weighted by atomic mass is 9.95. The molecule has 1 fully saturated rings. The molecule has 0 atom stereocenters. The Morgan fingerprint density at radius 3 is 1.90 bits per heavy atom. The number of rotatable bonds is 5. The van der Waals surface area contributed by atoms with Gasteiger partial charge in [0.15, 0.2) is 0 Å². The van der Waals surface area contributed by atoms with Gasteiger partial charge in [0.25, 0.3) is 0 Å². The van der Waals surface area contributed by atoms with Gasteiger partial charge in [0, 0.05) is 0 Å². The third-order valence-corrected chi connectivity index (χ3v) is 4.34. The predicted molar refractivity (Wildman–Crippen MR) is 88.3 cm³/mol. The van der Waals surface area contributed by atoms with Crippen LogP contribution in [0.5, 0.6) is 0 Å². The standard InChI is InChI=1S/C19H24N2/c1-3-7-17(8-4-1)19(18-9-5-2-6-10-18)21-15-16-11-13-20-14-12-16/h1-10,16,19-21H,11-15H2. The third kappa shape index (κ3) is 3.93. The van der Waals surface area contributed by atoms with Crippen molar-refractivity contribution in [3.05, 3.63) is 71.8 Å². The number of hydrogen-bond donors (Lipinski definition) is 2. The van der Waals surface area contributed by atoms with E-state index in [0.29, 0.717) is 6.04 Å². The van der Waals surface area contributed by atoms with Crippen molar-refractivity contribution in [2.24, 2.45) is 5.92 Å². The molecule has 110 valence electrons. The lowest BCUT2D eigenvalue weighted by Gasteiger charge is -2.26. The molecule has 1 aliphatic heterocycles. The minimum atomic E-state index is 0.294. The van der Waals surface area contributed by atoms with Crippen LogP contribution in [0.2, 0.25) is 0 Å². The Balaban J connectivity index is 1.73. The summed E-state index contributed by atoms with van der Waals surface area (Å²) in [5.41, 5.74) is 2.69. The normalized spacial score (nSPS) is 16.2. The van der Waals surface area contributed by atoms with Crippen LogP contribution in [0.3, 0.4) is 0 Å². The Bertz CT molecular complexity index is 478. The zero-order chi connectivity index (χ0) is 14.3. The van der Waals surface area contributed by atoms with Crippen molar-refractivity contribution in [3.63, 3.8) is 0 Å². The molecule has 0 bridgehead atoms. The molecule has 1 saturated heterocycles. The fourth-order valence-corrected chi connectivity index (χ4v) is 3.09. The smallest absolute Gasteiger partial charge is 0.0576 e. The molecule has 1 aliphatic rings. The van der Waals surface area contributed by atoms with Crippen LogP contribution in [0.4, 0.5) is 0 Å². The summed E-state index contributed by atoms with van der Waals surface area (Å²) in [6.07, 6.45) is 2.56. The van der Waals surface area contributed by atoms with Crippen LogP contribution in [0.15, 0.2) is 60.7 Å². The fourth-order valence-electron chi connectivity index (χ4n) is 3.09. The highest BCUT2D eigenvalue weighted by atomic mass is 14.9. The van der Waals surface area contributed by atoms with Gasteiger partial charge in [-0.1, -0.05) is 60.7 Å². The molecule has 0 unspecified atom stereocenters. The molecular formula is C19H24N2. The first-order valence-electron chi connectivity index (χ1n) is 7.97. The zero-order valence-corrected chi connectivity index (χ0v) is 12.5. The van der Waals surface area contributed by atoms with E-state index >= 15 is 0 Å². The van der Waals surface area contributed by atoms with E-state index in [2.05, 4.69) is 71.3 Å². The van der Waals surface area contributed by atoms with Gasteiger partial charge in [-0.15, -0.1) is 0 Å². The Hall–Kier alpha value is -1.64. The molecule has 2 N–H and O–H groups in total. The molecular weight excluding hydrogens is 256 g/mol. The van der Waals surface area contributed by atoms with Gasteiger partial charge in [-0.3, -0.25) is 0 Å². The van der Waals surface area contributed by atoms with Crippen LogP contribution >= 0.6 is 0 Å². The quantitative estimate of drug-likeness (QED) is 0.877. The van der Waals surface area contributed by atoms with E-state index in [1.807, 2.05) is 0 Å². The molecule has 0 spiro atoms. The van der Waals surface area contributed by atoms with Crippen LogP contribution in [0.25, 0.3) is 0 Å². The average molecular weight is 280 g/mol. The van der Waals surface area contributed by atoms with E-state index in [1.54, 1.807) is 0 Å². The monoisotopic (exact) mass is 280 g/mol. The largest absolute Gasteiger partial charge is 0.317 e. The second-order valence-electron chi connectivity index (χ2n) is 5.86. The maximum Gasteiger partial charge on any atom is 0.0576 e. The Kier molecular flexibility index (Phi) is 5.03. The van der Waals surface area contributed by atoms with Crippen LogP contribution < -0.4 is 10.6 Å². The molecule has 3 rings (SSSR count). The van der Waals surface area contributed by atoms with Gasteiger partial charge in [0.1, 0.15) is 0 Å². The van der Waals surface area contributed by atoms with E-state index in [1.165, 1.54) is 24.0 Å². The number of piperidine rings is 1. The van der Waals surface area contributed by atoms with Gasteiger partial charge in [0.05, 0.1) is 6.04 Å². The SMILES string of the molecule is c1ccc(C(NCC2CCNCC2)c2ccccc2)cc1. The van der Waals surface area contributed by atoms with Crippen molar-refractivity contribution >= 4 is 0 Å². The van der Waals surface area contributed by atoms with Crippen LogP contribution in [0.1, 0.15) is 30.0 Å². The number of nitrogens with one attached hydrogen (secondary N) is 2. The van der Waals surface area contributed by atoms with E-state index in [-0.39, 0.29) is 0 Å².